The van der Waals surface area contributed by atoms with Gasteiger partial charge in [-0.15, -0.1) is 6.58 Å². The highest BCUT2D eigenvalue weighted by atomic mass is 19.1. The minimum absolute atomic E-state index is 0.000185. The second-order valence-corrected chi connectivity index (χ2v) is 3.23. The highest BCUT2D eigenvalue weighted by Crippen LogP contribution is 2.19. The summed E-state index contributed by atoms with van der Waals surface area (Å²) in [5.41, 5.74) is 0.694. The van der Waals surface area contributed by atoms with Gasteiger partial charge in [0.2, 0.25) is 0 Å². The van der Waals surface area contributed by atoms with Crippen molar-refractivity contribution in [1.82, 2.24) is 0 Å². The lowest BCUT2D eigenvalue weighted by atomic mass is 10.1. The van der Waals surface area contributed by atoms with E-state index >= 15 is 0 Å². The van der Waals surface area contributed by atoms with Gasteiger partial charge in [-0.1, -0.05) is 19.9 Å². The summed E-state index contributed by atoms with van der Waals surface area (Å²) in [6.45, 7) is 7.62. The molecule has 19 heavy (non-hydrogen) atoms. The van der Waals surface area contributed by atoms with Crippen LogP contribution in [0.15, 0.2) is 30.9 Å². The standard InChI is InChI=1S/C9H11FO2.C4H8O.C2H6/c1-12-9-3-2-8(10)6-7(9)4-5-11;1-2-3-4-5;1-2/h2-3,6,11H,4-5H2,1H3;2,5H,1,3-4H2;1-2H3. The molecular formula is C15H25FO3. The summed E-state index contributed by atoms with van der Waals surface area (Å²) in [5.74, 6) is 0.310. The normalized spacial score (nSPS) is 8.53. The zero-order chi connectivity index (χ0) is 15.1. The number of halogens is 1. The number of rotatable bonds is 5. The van der Waals surface area contributed by atoms with Crippen LogP contribution in [-0.4, -0.2) is 30.5 Å². The van der Waals surface area contributed by atoms with Crippen LogP contribution in [-0.2, 0) is 6.42 Å². The molecule has 0 heterocycles. The van der Waals surface area contributed by atoms with Crippen molar-refractivity contribution in [2.45, 2.75) is 26.7 Å². The summed E-state index contributed by atoms with van der Waals surface area (Å²) in [6.07, 6.45) is 2.81. The number of hydrogen-bond donors (Lipinski definition) is 2. The summed E-state index contributed by atoms with van der Waals surface area (Å²) >= 11 is 0. The molecule has 0 aromatic heterocycles. The third-order valence-corrected chi connectivity index (χ3v) is 1.96. The van der Waals surface area contributed by atoms with Crippen LogP contribution in [0.5, 0.6) is 5.75 Å². The Labute approximate surface area is 115 Å². The van der Waals surface area contributed by atoms with Gasteiger partial charge < -0.3 is 14.9 Å². The average molecular weight is 272 g/mol. The van der Waals surface area contributed by atoms with Crippen LogP contribution in [0, 0.1) is 5.82 Å². The average Bonchev–Trinajstić information content (AvgIpc) is 2.43. The van der Waals surface area contributed by atoms with Crippen molar-refractivity contribution in [3.63, 3.8) is 0 Å². The minimum Gasteiger partial charge on any atom is -0.496 e. The van der Waals surface area contributed by atoms with E-state index in [0.29, 0.717) is 24.2 Å². The van der Waals surface area contributed by atoms with Crippen molar-refractivity contribution in [3.8, 4) is 5.75 Å². The van der Waals surface area contributed by atoms with Gasteiger partial charge in [0.1, 0.15) is 11.6 Å². The third kappa shape index (κ3) is 10.2. The number of methoxy groups -OCH3 is 1. The molecule has 110 valence electrons. The van der Waals surface area contributed by atoms with E-state index in [1.54, 1.807) is 12.1 Å². The lowest BCUT2D eigenvalue weighted by Gasteiger charge is -2.06. The minimum atomic E-state index is -0.306. The van der Waals surface area contributed by atoms with Gasteiger partial charge in [0, 0.05) is 13.2 Å². The Morgan fingerprint density at radius 1 is 1.26 bits per heavy atom. The first-order chi connectivity index (χ1) is 9.19. The van der Waals surface area contributed by atoms with Gasteiger partial charge in [0.25, 0.3) is 0 Å². The van der Waals surface area contributed by atoms with Crippen LogP contribution >= 0.6 is 0 Å². The molecule has 1 aromatic carbocycles. The smallest absolute Gasteiger partial charge is 0.123 e. The zero-order valence-electron chi connectivity index (χ0n) is 12.0. The largest absolute Gasteiger partial charge is 0.496 e. The van der Waals surface area contributed by atoms with Crippen molar-refractivity contribution in [3.05, 3.63) is 42.2 Å². The van der Waals surface area contributed by atoms with E-state index < -0.39 is 0 Å². The van der Waals surface area contributed by atoms with Crippen molar-refractivity contribution in [1.29, 1.82) is 0 Å². The fourth-order valence-corrected chi connectivity index (χ4v) is 1.15. The Hall–Kier alpha value is -1.39. The molecule has 0 atom stereocenters. The Kier molecular flexibility index (Phi) is 15.4. The van der Waals surface area contributed by atoms with Crippen molar-refractivity contribution in [2.24, 2.45) is 0 Å². The molecule has 0 aliphatic rings. The van der Waals surface area contributed by atoms with Gasteiger partial charge in [0.15, 0.2) is 0 Å². The molecule has 1 rings (SSSR count). The molecule has 0 amide bonds. The zero-order valence-corrected chi connectivity index (χ0v) is 12.0. The molecule has 3 nitrogen and oxygen atoms in total. The molecule has 4 heteroatoms. The van der Waals surface area contributed by atoms with Crippen LogP contribution in [0.25, 0.3) is 0 Å². The molecule has 0 spiro atoms. The number of benzene rings is 1. The molecule has 1 aromatic rings. The predicted octanol–water partition coefficient (Wildman–Crippen LogP) is 2.95. The van der Waals surface area contributed by atoms with E-state index in [0.717, 1.165) is 0 Å². The molecule has 0 saturated carbocycles. The van der Waals surface area contributed by atoms with E-state index in [2.05, 4.69) is 6.58 Å². The van der Waals surface area contributed by atoms with Crippen LogP contribution in [0.3, 0.4) is 0 Å². The SMILES string of the molecule is C=CCCO.CC.COc1ccc(F)cc1CCO. The molecule has 0 fully saturated rings. The summed E-state index contributed by atoms with van der Waals surface area (Å²) in [6, 6.07) is 4.26. The Bertz CT molecular complexity index is 327. The van der Waals surface area contributed by atoms with Crippen molar-refractivity contribution >= 4 is 0 Å². The second kappa shape index (κ2) is 14.7. The van der Waals surface area contributed by atoms with E-state index in [9.17, 15) is 4.39 Å². The molecule has 0 saturated heterocycles. The summed E-state index contributed by atoms with van der Waals surface area (Å²) in [7, 11) is 1.52. The molecule has 0 unspecified atom stereocenters. The maximum Gasteiger partial charge on any atom is 0.123 e. The lowest BCUT2D eigenvalue weighted by Crippen LogP contribution is -1.96. The molecular weight excluding hydrogens is 247 g/mol. The summed E-state index contributed by atoms with van der Waals surface area (Å²) < 4.78 is 17.6. The molecule has 0 aliphatic carbocycles. The van der Waals surface area contributed by atoms with E-state index in [1.165, 1.54) is 19.2 Å². The highest BCUT2D eigenvalue weighted by molar-refractivity contribution is 5.33. The van der Waals surface area contributed by atoms with Crippen LogP contribution < -0.4 is 4.74 Å². The van der Waals surface area contributed by atoms with Gasteiger partial charge in [-0.05, 0) is 36.6 Å². The Balaban J connectivity index is 0. The molecule has 0 radical (unpaired) electrons. The van der Waals surface area contributed by atoms with Crippen LogP contribution in [0.2, 0.25) is 0 Å². The van der Waals surface area contributed by atoms with Crippen molar-refractivity contribution in [2.75, 3.05) is 20.3 Å². The van der Waals surface area contributed by atoms with E-state index in [4.69, 9.17) is 14.9 Å². The highest BCUT2D eigenvalue weighted by Gasteiger charge is 2.02. The first-order valence-electron chi connectivity index (χ1n) is 6.34. The fourth-order valence-electron chi connectivity index (χ4n) is 1.15. The molecule has 2 N–H and O–H groups in total. The number of aliphatic hydroxyl groups excluding tert-OH is 2. The maximum atomic E-state index is 12.7. The van der Waals surface area contributed by atoms with Gasteiger partial charge in [-0.3, -0.25) is 0 Å². The quantitative estimate of drug-likeness (QED) is 0.810. The Morgan fingerprint density at radius 2 is 1.89 bits per heavy atom. The number of ether oxygens (including phenoxy) is 1. The number of hydrogen-bond acceptors (Lipinski definition) is 3. The first kappa shape index (κ1) is 19.9. The van der Waals surface area contributed by atoms with Gasteiger partial charge >= 0.3 is 0 Å². The van der Waals surface area contributed by atoms with E-state index in [1.807, 2.05) is 13.8 Å². The van der Waals surface area contributed by atoms with Gasteiger partial charge in [0.05, 0.1) is 7.11 Å². The monoisotopic (exact) mass is 272 g/mol. The Morgan fingerprint density at radius 3 is 2.26 bits per heavy atom. The summed E-state index contributed by atoms with van der Waals surface area (Å²) in [5, 5.41) is 16.6. The summed E-state index contributed by atoms with van der Waals surface area (Å²) in [4.78, 5) is 0. The topological polar surface area (TPSA) is 49.7 Å². The lowest BCUT2D eigenvalue weighted by molar-refractivity contribution is 0.296. The van der Waals surface area contributed by atoms with Crippen LogP contribution in [0.1, 0.15) is 25.8 Å². The van der Waals surface area contributed by atoms with E-state index in [-0.39, 0.29) is 19.0 Å². The predicted molar refractivity (Wildman–Crippen MR) is 77.0 cm³/mol. The first-order valence-corrected chi connectivity index (χ1v) is 6.34. The van der Waals surface area contributed by atoms with Gasteiger partial charge in [-0.25, -0.2) is 4.39 Å². The van der Waals surface area contributed by atoms with Crippen LogP contribution in [0.4, 0.5) is 4.39 Å². The second-order valence-electron chi connectivity index (χ2n) is 3.23. The third-order valence-electron chi connectivity index (χ3n) is 1.96. The maximum absolute atomic E-state index is 12.7. The number of aliphatic hydroxyl groups is 2. The van der Waals surface area contributed by atoms with Crippen molar-refractivity contribution < 1.29 is 19.3 Å². The molecule has 0 aliphatic heterocycles. The van der Waals surface area contributed by atoms with Gasteiger partial charge in [-0.2, -0.15) is 0 Å². The molecule has 0 bridgehead atoms. The fraction of sp³-hybridized carbons (Fsp3) is 0.467.